The van der Waals surface area contributed by atoms with E-state index in [0.29, 0.717) is 0 Å². The van der Waals surface area contributed by atoms with Crippen molar-refractivity contribution in [1.82, 2.24) is 0 Å². The van der Waals surface area contributed by atoms with Crippen LogP contribution in [0.15, 0.2) is 42.5 Å². The smallest absolute Gasteiger partial charge is 0.321 e. The van der Waals surface area contributed by atoms with Crippen LogP contribution in [-0.4, -0.2) is 17.1 Å². The quantitative estimate of drug-likeness (QED) is 0.767. The summed E-state index contributed by atoms with van der Waals surface area (Å²) in [5.41, 5.74) is 11.8. The van der Waals surface area contributed by atoms with E-state index in [-0.39, 0.29) is 5.92 Å². The lowest BCUT2D eigenvalue weighted by molar-refractivity contribution is -0.139. The first kappa shape index (κ1) is 12.9. The third-order valence-corrected chi connectivity index (χ3v) is 4.20. The van der Waals surface area contributed by atoms with E-state index in [1.165, 1.54) is 22.3 Å². The van der Waals surface area contributed by atoms with Crippen molar-refractivity contribution in [1.29, 1.82) is 0 Å². The first-order valence-electron chi connectivity index (χ1n) is 6.78. The van der Waals surface area contributed by atoms with Gasteiger partial charge in [0.05, 0.1) is 0 Å². The van der Waals surface area contributed by atoms with Crippen LogP contribution in [0.1, 0.15) is 29.5 Å². The summed E-state index contributed by atoms with van der Waals surface area (Å²) in [5.74, 6) is -1.15. The molecule has 2 unspecified atom stereocenters. The summed E-state index contributed by atoms with van der Waals surface area (Å²) in [6, 6.07) is 13.5. The zero-order valence-electron chi connectivity index (χ0n) is 11.3. The minimum Gasteiger partial charge on any atom is -0.480 e. The molecule has 0 radical (unpaired) electrons. The normalized spacial score (nSPS) is 15.3. The van der Waals surface area contributed by atoms with Gasteiger partial charge in [-0.1, -0.05) is 49.4 Å². The van der Waals surface area contributed by atoms with E-state index in [4.69, 9.17) is 10.8 Å². The van der Waals surface area contributed by atoms with E-state index < -0.39 is 12.0 Å². The van der Waals surface area contributed by atoms with Gasteiger partial charge in [0.15, 0.2) is 0 Å². The summed E-state index contributed by atoms with van der Waals surface area (Å²) in [6.07, 6.45) is 0.859. The first-order chi connectivity index (χ1) is 9.59. The van der Waals surface area contributed by atoms with Crippen molar-refractivity contribution in [3.8, 4) is 11.1 Å². The number of carboxylic acid groups (broad SMARTS) is 1. The van der Waals surface area contributed by atoms with Crippen LogP contribution in [0.25, 0.3) is 11.1 Å². The van der Waals surface area contributed by atoms with Gasteiger partial charge in [-0.3, -0.25) is 4.79 Å². The van der Waals surface area contributed by atoms with Gasteiger partial charge in [0.1, 0.15) is 6.04 Å². The highest BCUT2D eigenvalue weighted by atomic mass is 16.4. The Kier molecular flexibility index (Phi) is 3.07. The van der Waals surface area contributed by atoms with Crippen LogP contribution in [0.3, 0.4) is 0 Å². The molecule has 0 heterocycles. The fourth-order valence-corrected chi connectivity index (χ4v) is 3.02. The molecule has 0 bridgehead atoms. The maximum absolute atomic E-state index is 11.1. The van der Waals surface area contributed by atoms with Gasteiger partial charge in [0, 0.05) is 5.92 Å². The second-order valence-corrected chi connectivity index (χ2v) is 5.36. The molecule has 0 aromatic heterocycles. The summed E-state index contributed by atoms with van der Waals surface area (Å²) in [4.78, 5) is 11.1. The summed E-state index contributed by atoms with van der Waals surface area (Å²) in [5, 5.41) is 9.11. The molecule has 20 heavy (non-hydrogen) atoms. The average molecular weight is 267 g/mol. The van der Waals surface area contributed by atoms with Crippen LogP contribution >= 0.6 is 0 Å². The van der Waals surface area contributed by atoms with E-state index in [0.717, 1.165) is 12.0 Å². The summed E-state index contributed by atoms with van der Waals surface area (Å²) in [6.45, 7) is 1.89. The number of fused-ring (bicyclic) bond motifs is 3. The Morgan fingerprint density at radius 2 is 1.85 bits per heavy atom. The Morgan fingerprint density at radius 1 is 1.15 bits per heavy atom. The number of hydrogen-bond donors (Lipinski definition) is 2. The number of benzene rings is 2. The van der Waals surface area contributed by atoms with Gasteiger partial charge in [-0.05, 0) is 34.2 Å². The lowest BCUT2D eigenvalue weighted by Crippen LogP contribution is -2.35. The van der Waals surface area contributed by atoms with E-state index in [2.05, 4.69) is 18.2 Å². The van der Waals surface area contributed by atoms with Gasteiger partial charge in [0.2, 0.25) is 0 Å². The molecule has 3 rings (SSSR count). The van der Waals surface area contributed by atoms with Crippen LogP contribution in [0.5, 0.6) is 0 Å². The van der Waals surface area contributed by atoms with Crippen molar-refractivity contribution in [2.24, 2.45) is 5.73 Å². The molecule has 3 heteroatoms. The van der Waals surface area contributed by atoms with Crippen molar-refractivity contribution in [2.75, 3.05) is 0 Å². The highest BCUT2D eigenvalue weighted by molar-refractivity contribution is 5.79. The fraction of sp³-hybridized carbons (Fsp3) is 0.235. The van der Waals surface area contributed by atoms with Crippen LogP contribution < -0.4 is 5.73 Å². The zero-order chi connectivity index (χ0) is 14.3. The highest BCUT2D eigenvalue weighted by Gasteiger charge is 2.27. The predicted molar refractivity (Wildman–Crippen MR) is 78.7 cm³/mol. The predicted octanol–water partition coefficient (Wildman–Crippen LogP) is 2.77. The minimum atomic E-state index is -0.953. The van der Waals surface area contributed by atoms with E-state index in [1.54, 1.807) is 0 Å². The molecular formula is C17H17NO2. The molecule has 2 atom stereocenters. The second kappa shape index (κ2) is 4.76. The molecule has 3 N–H and O–H groups in total. The largest absolute Gasteiger partial charge is 0.480 e. The summed E-state index contributed by atoms with van der Waals surface area (Å²) >= 11 is 0. The van der Waals surface area contributed by atoms with Gasteiger partial charge >= 0.3 is 5.97 Å². The maximum atomic E-state index is 11.1. The minimum absolute atomic E-state index is 0.197. The van der Waals surface area contributed by atoms with Crippen LogP contribution in [0.4, 0.5) is 0 Å². The topological polar surface area (TPSA) is 63.3 Å². The lowest BCUT2D eigenvalue weighted by atomic mass is 9.88. The van der Waals surface area contributed by atoms with Crippen molar-refractivity contribution in [3.05, 3.63) is 59.2 Å². The number of hydrogen-bond acceptors (Lipinski definition) is 2. The molecule has 2 aromatic carbocycles. The zero-order valence-corrected chi connectivity index (χ0v) is 11.3. The summed E-state index contributed by atoms with van der Waals surface area (Å²) < 4.78 is 0. The van der Waals surface area contributed by atoms with Crippen molar-refractivity contribution in [2.45, 2.75) is 25.3 Å². The molecule has 0 amide bonds. The highest BCUT2D eigenvalue weighted by Crippen LogP contribution is 2.40. The molecule has 1 aliphatic rings. The summed E-state index contributed by atoms with van der Waals surface area (Å²) in [7, 11) is 0. The van der Waals surface area contributed by atoms with Crippen LogP contribution in [-0.2, 0) is 11.2 Å². The van der Waals surface area contributed by atoms with E-state index in [1.807, 2.05) is 31.2 Å². The Bertz CT molecular complexity index is 678. The molecule has 2 aromatic rings. The fourth-order valence-electron chi connectivity index (χ4n) is 3.02. The van der Waals surface area contributed by atoms with Gasteiger partial charge in [-0.15, -0.1) is 0 Å². The molecule has 1 aliphatic carbocycles. The standard InChI is InChI=1S/C17H17NO2/c1-10(16(18)17(19)20)12-7-4-8-14-13-6-3-2-5-11(13)9-15(12)14/h2-8,10,16H,9,18H2,1H3,(H,19,20). The Hall–Kier alpha value is -2.13. The Morgan fingerprint density at radius 3 is 2.60 bits per heavy atom. The van der Waals surface area contributed by atoms with Gasteiger partial charge in [0.25, 0.3) is 0 Å². The Labute approximate surface area is 118 Å². The SMILES string of the molecule is CC(c1cccc2c1Cc1ccccc1-2)C(N)C(=O)O. The molecule has 0 spiro atoms. The van der Waals surface area contributed by atoms with Gasteiger partial charge in [-0.2, -0.15) is 0 Å². The first-order valence-corrected chi connectivity index (χ1v) is 6.78. The third-order valence-electron chi connectivity index (χ3n) is 4.20. The second-order valence-electron chi connectivity index (χ2n) is 5.36. The average Bonchev–Trinajstić information content (AvgIpc) is 2.84. The monoisotopic (exact) mass is 267 g/mol. The number of aliphatic carboxylic acids is 1. The molecular weight excluding hydrogens is 250 g/mol. The molecule has 0 saturated carbocycles. The van der Waals surface area contributed by atoms with E-state index in [9.17, 15) is 4.79 Å². The number of carboxylic acids is 1. The van der Waals surface area contributed by atoms with Crippen molar-refractivity contribution in [3.63, 3.8) is 0 Å². The lowest BCUT2D eigenvalue weighted by Gasteiger charge is -2.19. The third kappa shape index (κ3) is 1.91. The number of rotatable bonds is 3. The number of nitrogens with two attached hydrogens (primary N) is 1. The van der Waals surface area contributed by atoms with Gasteiger partial charge < -0.3 is 10.8 Å². The van der Waals surface area contributed by atoms with Crippen LogP contribution in [0.2, 0.25) is 0 Å². The molecule has 0 aliphatic heterocycles. The van der Waals surface area contributed by atoms with Crippen LogP contribution in [0, 0.1) is 0 Å². The van der Waals surface area contributed by atoms with Gasteiger partial charge in [-0.25, -0.2) is 0 Å². The Balaban J connectivity index is 2.07. The van der Waals surface area contributed by atoms with Crippen molar-refractivity contribution >= 4 is 5.97 Å². The number of carbonyl (C=O) groups is 1. The van der Waals surface area contributed by atoms with E-state index >= 15 is 0 Å². The molecule has 3 nitrogen and oxygen atoms in total. The molecule has 0 fully saturated rings. The molecule has 0 saturated heterocycles. The van der Waals surface area contributed by atoms with Crippen molar-refractivity contribution < 1.29 is 9.90 Å². The maximum Gasteiger partial charge on any atom is 0.321 e. The molecule has 102 valence electrons.